The summed E-state index contributed by atoms with van der Waals surface area (Å²) in [5.41, 5.74) is 0.200. The number of nitro groups is 1. The van der Waals surface area contributed by atoms with Gasteiger partial charge < -0.3 is 4.74 Å². The molecule has 0 bridgehead atoms. The van der Waals surface area contributed by atoms with E-state index in [2.05, 4.69) is 6.58 Å². The van der Waals surface area contributed by atoms with Gasteiger partial charge in [-0.05, 0) is 31.2 Å². The van der Waals surface area contributed by atoms with Crippen LogP contribution in [0.25, 0.3) is 0 Å². The zero-order valence-corrected chi connectivity index (χ0v) is 14.5. The number of benzene rings is 2. The fourth-order valence-electron chi connectivity index (χ4n) is 2.25. The van der Waals surface area contributed by atoms with Crippen molar-refractivity contribution in [1.29, 1.82) is 0 Å². The number of para-hydroxylation sites is 2. The molecule has 0 spiro atoms. The van der Waals surface area contributed by atoms with Crippen LogP contribution in [-0.2, 0) is 10.0 Å². The lowest BCUT2D eigenvalue weighted by Crippen LogP contribution is -2.31. The van der Waals surface area contributed by atoms with Crippen molar-refractivity contribution >= 4 is 21.4 Å². The Morgan fingerprint density at radius 2 is 1.84 bits per heavy atom. The van der Waals surface area contributed by atoms with Crippen LogP contribution in [0.15, 0.2) is 66.1 Å². The monoisotopic (exact) mass is 362 g/mol. The third-order valence-corrected chi connectivity index (χ3v) is 5.16. The molecule has 8 heteroatoms. The summed E-state index contributed by atoms with van der Waals surface area (Å²) >= 11 is 0. The van der Waals surface area contributed by atoms with Crippen molar-refractivity contribution in [3.63, 3.8) is 0 Å². The minimum absolute atomic E-state index is 0.0312. The van der Waals surface area contributed by atoms with Crippen molar-refractivity contribution in [3.05, 3.63) is 71.3 Å². The summed E-state index contributed by atoms with van der Waals surface area (Å²) in [7, 11) is -3.94. The molecule has 0 aliphatic carbocycles. The van der Waals surface area contributed by atoms with Crippen LogP contribution in [0.4, 0.5) is 11.4 Å². The van der Waals surface area contributed by atoms with Gasteiger partial charge in [0.15, 0.2) is 0 Å². The summed E-state index contributed by atoms with van der Waals surface area (Å²) in [6.07, 6.45) is 1.46. The molecule has 0 amide bonds. The molecule has 0 aliphatic heterocycles. The number of nitrogens with zero attached hydrogens (tertiary/aromatic N) is 2. The minimum Gasteiger partial charge on any atom is -0.492 e. The Morgan fingerprint density at radius 1 is 1.20 bits per heavy atom. The summed E-state index contributed by atoms with van der Waals surface area (Å²) in [5, 5.41) is 10.8. The molecule has 0 fully saturated rings. The summed E-state index contributed by atoms with van der Waals surface area (Å²) in [5.74, 6) is 0.428. The maximum Gasteiger partial charge on any atom is 0.269 e. The van der Waals surface area contributed by atoms with Crippen molar-refractivity contribution in [1.82, 2.24) is 0 Å². The lowest BCUT2D eigenvalue weighted by atomic mass is 10.3. The average molecular weight is 362 g/mol. The van der Waals surface area contributed by atoms with Gasteiger partial charge in [-0.3, -0.25) is 14.4 Å². The highest BCUT2D eigenvalue weighted by molar-refractivity contribution is 7.92. The molecule has 132 valence electrons. The molecule has 0 atom stereocenters. The van der Waals surface area contributed by atoms with Crippen molar-refractivity contribution in [2.24, 2.45) is 0 Å². The van der Waals surface area contributed by atoms with E-state index < -0.39 is 14.9 Å². The number of rotatable bonds is 8. The third-order valence-electron chi connectivity index (χ3n) is 3.36. The molecule has 0 unspecified atom stereocenters. The van der Waals surface area contributed by atoms with E-state index in [0.29, 0.717) is 18.0 Å². The van der Waals surface area contributed by atoms with Crippen molar-refractivity contribution in [2.45, 2.75) is 11.8 Å². The SMILES string of the molecule is C=CCN(c1ccccc1OCC)S(=O)(=O)c1ccc([N+](=O)[O-])cc1. The number of non-ortho nitro benzene ring substituents is 1. The number of nitro benzene ring substituents is 1. The molecule has 0 saturated heterocycles. The first kappa shape index (κ1) is 18.5. The molecule has 0 saturated carbocycles. The van der Waals surface area contributed by atoms with Gasteiger partial charge in [0.25, 0.3) is 15.7 Å². The van der Waals surface area contributed by atoms with Gasteiger partial charge in [0.2, 0.25) is 0 Å². The van der Waals surface area contributed by atoms with Gasteiger partial charge in [-0.15, -0.1) is 6.58 Å². The average Bonchev–Trinajstić information content (AvgIpc) is 2.60. The first-order chi connectivity index (χ1) is 11.9. The maximum atomic E-state index is 13.0. The maximum absolute atomic E-state index is 13.0. The summed E-state index contributed by atoms with van der Waals surface area (Å²) in [6.45, 7) is 5.83. The fourth-order valence-corrected chi connectivity index (χ4v) is 3.70. The lowest BCUT2D eigenvalue weighted by Gasteiger charge is -2.25. The Hall–Kier alpha value is -2.87. The molecule has 2 aromatic rings. The summed E-state index contributed by atoms with van der Waals surface area (Å²) in [6, 6.07) is 11.5. The predicted octanol–water partition coefficient (Wildman–Crippen LogP) is 3.37. The van der Waals surface area contributed by atoms with Gasteiger partial charge >= 0.3 is 0 Å². The van der Waals surface area contributed by atoms with Crippen molar-refractivity contribution < 1.29 is 18.1 Å². The Kier molecular flexibility index (Phi) is 5.76. The second kappa shape index (κ2) is 7.80. The van der Waals surface area contributed by atoms with Crippen LogP contribution in [0.5, 0.6) is 5.75 Å². The van der Waals surface area contributed by atoms with Crippen LogP contribution in [0.1, 0.15) is 6.92 Å². The largest absolute Gasteiger partial charge is 0.492 e. The molecule has 0 heterocycles. The number of ether oxygens (including phenoxy) is 1. The van der Waals surface area contributed by atoms with E-state index in [1.165, 1.54) is 18.2 Å². The number of sulfonamides is 1. The van der Waals surface area contributed by atoms with E-state index in [-0.39, 0.29) is 17.1 Å². The normalized spacial score (nSPS) is 10.9. The molecule has 0 aliphatic rings. The van der Waals surface area contributed by atoms with E-state index in [1.807, 2.05) is 0 Å². The smallest absolute Gasteiger partial charge is 0.269 e. The van der Waals surface area contributed by atoms with E-state index >= 15 is 0 Å². The zero-order chi connectivity index (χ0) is 18.4. The topological polar surface area (TPSA) is 89.8 Å². The van der Waals surface area contributed by atoms with Gasteiger partial charge in [0.1, 0.15) is 5.75 Å². The van der Waals surface area contributed by atoms with Gasteiger partial charge in [0.05, 0.1) is 28.7 Å². The van der Waals surface area contributed by atoms with E-state index in [1.54, 1.807) is 31.2 Å². The summed E-state index contributed by atoms with van der Waals surface area (Å²) in [4.78, 5) is 10.1. The highest BCUT2D eigenvalue weighted by Crippen LogP contribution is 2.32. The molecular weight excluding hydrogens is 344 g/mol. The first-order valence-corrected chi connectivity index (χ1v) is 8.95. The number of hydrogen-bond donors (Lipinski definition) is 0. The highest BCUT2D eigenvalue weighted by Gasteiger charge is 2.26. The Labute approximate surface area is 146 Å². The third kappa shape index (κ3) is 3.97. The van der Waals surface area contributed by atoms with Crippen molar-refractivity contribution in [2.75, 3.05) is 17.5 Å². The van der Waals surface area contributed by atoms with Gasteiger partial charge in [-0.2, -0.15) is 0 Å². The Balaban J connectivity index is 2.52. The van der Waals surface area contributed by atoms with Crippen LogP contribution in [-0.4, -0.2) is 26.5 Å². The quantitative estimate of drug-likeness (QED) is 0.408. The van der Waals surface area contributed by atoms with Crippen LogP contribution < -0.4 is 9.04 Å². The zero-order valence-electron chi connectivity index (χ0n) is 13.7. The first-order valence-electron chi connectivity index (χ1n) is 7.51. The van der Waals surface area contributed by atoms with E-state index in [4.69, 9.17) is 4.74 Å². The van der Waals surface area contributed by atoms with E-state index in [9.17, 15) is 18.5 Å². The highest BCUT2D eigenvalue weighted by atomic mass is 32.2. The van der Waals surface area contributed by atoms with Gasteiger partial charge in [-0.25, -0.2) is 8.42 Å². The molecule has 7 nitrogen and oxygen atoms in total. The van der Waals surface area contributed by atoms with Gasteiger partial charge in [0, 0.05) is 12.1 Å². The molecule has 2 aromatic carbocycles. The van der Waals surface area contributed by atoms with Crippen molar-refractivity contribution in [3.8, 4) is 5.75 Å². The second-order valence-electron chi connectivity index (χ2n) is 4.98. The number of hydrogen-bond acceptors (Lipinski definition) is 5. The predicted molar refractivity (Wildman–Crippen MR) is 95.4 cm³/mol. The molecule has 25 heavy (non-hydrogen) atoms. The summed E-state index contributed by atoms with van der Waals surface area (Å²) < 4.78 is 32.7. The van der Waals surface area contributed by atoms with Crippen LogP contribution in [0, 0.1) is 10.1 Å². The van der Waals surface area contributed by atoms with E-state index in [0.717, 1.165) is 16.4 Å². The Bertz CT molecular complexity index is 863. The van der Waals surface area contributed by atoms with Crippen LogP contribution in [0.2, 0.25) is 0 Å². The Morgan fingerprint density at radius 3 is 2.40 bits per heavy atom. The molecule has 0 N–H and O–H groups in total. The standard InChI is InChI=1S/C17H18N2O5S/c1-3-13-18(16-7-5-6-8-17(16)24-4-2)25(22,23)15-11-9-14(10-12-15)19(20)21/h3,5-12H,1,4,13H2,2H3. The van der Waals surface area contributed by atoms with Crippen LogP contribution >= 0.6 is 0 Å². The molecular formula is C17H18N2O5S. The van der Waals surface area contributed by atoms with Crippen LogP contribution in [0.3, 0.4) is 0 Å². The molecule has 2 rings (SSSR count). The lowest BCUT2D eigenvalue weighted by molar-refractivity contribution is -0.384. The molecule has 0 aromatic heterocycles. The number of anilines is 1. The molecule has 0 radical (unpaired) electrons. The van der Waals surface area contributed by atoms with Gasteiger partial charge in [-0.1, -0.05) is 18.2 Å². The second-order valence-corrected chi connectivity index (χ2v) is 6.84. The minimum atomic E-state index is -3.94. The fraction of sp³-hybridized carbons (Fsp3) is 0.176.